The minimum Gasteiger partial charge on any atom is -0.353 e. The average molecular weight is 303 g/mol. The van der Waals surface area contributed by atoms with Gasteiger partial charge in [-0.05, 0) is 38.2 Å². The molecule has 1 saturated carbocycles. The second kappa shape index (κ2) is 5.10. The van der Waals surface area contributed by atoms with E-state index in [1.165, 1.54) is 42.4 Å². The highest BCUT2D eigenvalue weighted by molar-refractivity contribution is 7.18. The molecule has 1 aliphatic carbocycles. The van der Waals surface area contributed by atoms with Crippen LogP contribution in [0, 0.1) is 12.8 Å². The van der Waals surface area contributed by atoms with Crippen molar-refractivity contribution in [3.05, 3.63) is 10.9 Å². The lowest BCUT2D eigenvalue weighted by atomic mass is 9.85. The van der Waals surface area contributed by atoms with Crippen molar-refractivity contribution in [2.45, 2.75) is 45.1 Å². The summed E-state index contributed by atoms with van der Waals surface area (Å²) in [4.78, 5) is 14.0. The number of nitrogens with zero attached hydrogens (tertiary/aromatic N) is 3. The van der Waals surface area contributed by atoms with E-state index in [4.69, 9.17) is 10.8 Å². The Labute approximate surface area is 128 Å². The number of anilines is 2. The molecule has 6 heteroatoms. The van der Waals surface area contributed by atoms with E-state index in [1.54, 1.807) is 11.3 Å². The molecule has 0 radical (unpaired) electrons. The first kappa shape index (κ1) is 13.3. The highest BCUT2D eigenvalue weighted by Gasteiger charge is 2.37. The number of aromatic nitrogens is 2. The van der Waals surface area contributed by atoms with E-state index < -0.39 is 0 Å². The number of nitrogens with one attached hydrogen (secondary N) is 1. The molecule has 2 aliphatic rings. The number of hydrogen-bond donors (Lipinski definition) is 2. The maximum atomic E-state index is 5.56. The zero-order valence-corrected chi connectivity index (χ0v) is 13.1. The van der Waals surface area contributed by atoms with Crippen molar-refractivity contribution in [1.82, 2.24) is 9.97 Å². The van der Waals surface area contributed by atoms with Gasteiger partial charge >= 0.3 is 0 Å². The number of rotatable bonds is 2. The predicted octanol–water partition coefficient (Wildman–Crippen LogP) is 3.05. The highest BCUT2D eigenvalue weighted by atomic mass is 32.1. The van der Waals surface area contributed by atoms with Crippen LogP contribution >= 0.6 is 11.3 Å². The Morgan fingerprint density at radius 1 is 1.29 bits per heavy atom. The van der Waals surface area contributed by atoms with E-state index in [9.17, 15) is 0 Å². The summed E-state index contributed by atoms with van der Waals surface area (Å²) in [5.74, 6) is 8.01. The number of hydrazine groups is 1. The van der Waals surface area contributed by atoms with Crippen LogP contribution in [0.4, 0.5) is 11.8 Å². The lowest BCUT2D eigenvalue weighted by molar-refractivity contribution is 0.341. The first-order chi connectivity index (χ1) is 10.3. The molecule has 2 aromatic heterocycles. The van der Waals surface area contributed by atoms with Gasteiger partial charge in [0.2, 0.25) is 5.95 Å². The van der Waals surface area contributed by atoms with Crippen LogP contribution in [0.1, 0.15) is 37.0 Å². The maximum Gasteiger partial charge on any atom is 0.240 e. The molecular weight excluding hydrogens is 282 g/mol. The maximum absolute atomic E-state index is 5.56. The summed E-state index contributed by atoms with van der Waals surface area (Å²) in [5.41, 5.74) is 2.62. The number of nitrogens with two attached hydrogens (primary N) is 1. The van der Waals surface area contributed by atoms with Gasteiger partial charge in [-0.2, -0.15) is 4.98 Å². The van der Waals surface area contributed by atoms with Crippen LogP contribution in [-0.2, 0) is 0 Å². The van der Waals surface area contributed by atoms with E-state index in [2.05, 4.69) is 28.3 Å². The molecule has 0 aromatic carbocycles. The van der Waals surface area contributed by atoms with Crippen molar-refractivity contribution in [2.24, 2.45) is 11.8 Å². The van der Waals surface area contributed by atoms with Crippen LogP contribution in [0.3, 0.4) is 0 Å². The molecule has 5 nitrogen and oxygen atoms in total. The molecule has 2 fully saturated rings. The van der Waals surface area contributed by atoms with Crippen molar-refractivity contribution in [3.8, 4) is 0 Å². The first-order valence-corrected chi connectivity index (χ1v) is 8.59. The molecular formula is C15H21N5S. The Morgan fingerprint density at radius 3 is 3.00 bits per heavy atom. The standard InChI is InChI=1S/C15H21N5S/c1-9-8-11-13(17-15(19-16)18-14(11)21-9)20-7-6-10-4-2-3-5-12(10)20/h8,10,12H,2-7,16H2,1H3,(H,17,18,19). The Hall–Kier alpha value is -1.40. The fourth-order valence-corrected chi connectivity index (χ4v) is 4.85. The van der Waals surface area contributed by atoms with Crippen LogP contribution < -0.4 is 16.2 Å². The number of aryl methyl sites for hydroxylation is 1. The van der Waals surface area contributed by atoms with Gasteiger partial charge in [0.1, 0.15) is 10.6 Å². The van der Waals surface area contributed by atoms with Crippen molar-refractivity contribution in [1.29, 1.82) is 0 Å². The molecule has 0 amide bonds. The Bertz CT molecular complexity index is 667. The summed E-state index contributed by atoms with van der Waals surface area (Å²) in [7, 11) is 0. The van der Waals surface area contributed by atoms with Gasteiger partial charge in [-0.25, -0.2) is 10.8 Å². The lowest BCUT2D eigenvalue weighted by Crippen LogP contribution is -2.35. The second-order valence-corrected chi connectivity index (χ2v) is 7.42. The first-order valence-electron chi connectivity index (χ1n) is 7.77. The number of thiophene rings is 1. The second-order valence-electron chi connectivity index (χ2n) is 6.18. The van der Waals surface area contributed by atoms with Crippen molar-refractivity contribution in [3.63, 3.8) is 0 Å². The molecule has 2 aromatic rings. The quantitative estimate of drug-likeness (QED) is 0.659. The van der Waals surface area contributed by atoms with Gasteiger partial charge in [0, 0.05) is 17.5 Å². The summed E-state index contributed by atoms with van der Waals surface area (Å²) < 4.78 is 0. The van der Waals surface area contributed by atoms with Crippen molar-refractivity contribution < 1.29 is 0 Å². The number of nitrogen functional groups attached to an aromatic ring is 1. The largest absolute Gasteiger partial charge is 0.353 e. The molecule has 0 bridgehead atoms. The van der Waals surface area contributed by atoms with E-state index in [-0.39, 0.29) is 0 Å². The molecule has 3 heterocycles. The van der Waals surface area contributed by atoms with Crippen LogP contribution in [-0.4, -0.2) is 22.6 Å². The van der Waals surface area contributed by atoms with Crippen molar-refractivity contribution >= 4 is 33.3 Å². The van der Waals surface area contributed by atoms with Gasteiger partial charge in [-0.3, -0.25) is 5.43 Å². The Morgan fingerprint density at radius 2 is 2.14 bits per heavy atom. The molecule has 1 aliphatic heterocycles. The topological polar surface area (TPSA) is 67.1 Å². The minimum absolute atomic E-state index is 0.526. The van der Waals surface area contributed by atoms with Gasteiger partial charge in [0.25, 0.3) is 0 Å². The van der Waals surface area contributed by atoms with Crippen LogP contribution in [0.25, 0.3) is 10.2 Å². The number of hydrogen-bond acceptors (Lipinski definition) is 6. The smallest absolute Gasteiger partial charge is 0.240 e. The lowest BCUT2D eigenvalue weighted by Gasteiger charge is -2.32. The third-order valence-electron chi connectivity index (χ3n) is 4.91. The Balaban J connectivity index is 1.81. The molecule has 2 atom stereocenters. The fourth-order valence-electron chi connectivity index (χ4n) is 3.98. The average Bonchev–Trinajstić information content (AvgIpc) is 3.08. The Kier molecular flexibility index (Phi) is 3.23. The summed E-state index contributed by atoms with van der Waals surface area (Å²) in [5, 5.41) is 1.18. The molecule has 0 spiro atoms. The van der Waals surface area contributed by atoms with Crippen LogP contribution in [0.5, 0.6) is 0 Å². The molecule has 21 heavy (non-hydrogen) atoms. The van der Waals surface area contributed by atoms with E-state index in [0.29, 0.717) is 12.0 Å². The monoisotopic (exact) mass is 303 g/mol. The zero-order chi connectivity index (χ0) is 14.4. The van der Waals surface area contributed by atoms with Crippen molar-refractivity contribution in [2.75, 3.05) is 16.9 Å². The van der Waals surface area contributed by atoms with E-state index in [1.807, 2.05) is 0 Å². The summed E-state index contributed by atoms with van der Waals surface area (Å²) >= 11 is 1.71. The van der Waals surface area contributed by atoms with E-state index in [0.717, 1.165) is 23.1 Å². The predicted molar refractivity (Wildman–Crippen MR) is 87.7 cm³/mol. The minimum atomic E-state index is 0.526. The van der Waals surface area contributed by atoms with Gasteiger partial charge in [0.15, 0.2) is 0 Å². The number of fused-ring (bicyclic) bond motifs is 2. The SMILES string of the molecule is Cc1cc2c(N3CCC4CCCCC43)nc(NN)nc2s1. The van der Waals surface area contributed by atoms with E-state index >= 15 is 0 Å². The van der Waals surface area contributed by atoms with Gasteiger partial charge < -0.3 is 4.90 Å². The summed E-state index contributed by atoms with van der Waals surface area (Å²) in [6.07, 6.45) is 6.70. The van der Waals surface area contributed by atoms with Gasteiger partial charge in [0.05, 0.1) is 5.39 Å². The van der Waals surface area contributed by atoms with Gasteiger partial charge in [-0.15, -0.1) is 11.3 Å². The molecule has 1 saturated heterocycles. The highest BCUT2D eigenvalue weighted by Crippen LogP contribution is 2.41. The zero-order valence-electron chi connectivity index (χ0n) is 12.3. The third-order valence-corrected chi connectivity index (χ3v) is 5.85. The molecule has 2 unspecified atom stereocenters. The third kappa shape index (κ3) is 2.17. The molecule has 4 rings (SSSR count). The molecule has 112 valence electrons. The fraction of sp³-hybridized carbons (Fsp3) is 0.600. The summed E-state index contributed by atoms with van der Waals surface area (Å²) in [6.45, 7) is 3.24. The summed E-state index contributed by atoms with van der Waals surface area (Å²) in [6, 6.07) is 2.87. The molecule has 3 N–H and O–H groups in total. The van der Waals surface area contributed by atoms with Gasteiger partial charge in [-0.1, -0.05) is 12.8 Å². The van der Waals surface area contributed by atoms with Crippen LogP contribution in [0.2, 0.25) is 0 Å². The van der Waals surface area contributed by atoms with Crippen LogP contribution in [0.15, 0.2) is 6.07 Å². The normalized spacial score (nSPS) is 25.3.